The Labute approximate surface area is 105 Å². The SMILES string of the molecule is COc1cccc(OC)c1[C@@H](N)c1ccsc1. The van der Waals surface area contributed by atoms with Crippen LogP contribution in [0.5, 0.6) is 11.5 Å². The van der Waals surface area contributed by atoms with Gasteiger partial charge in [0.2, 0.25) is 0 Å². The molecule has 2 N–H and O–H groups in total. The van der Waals surface area contributed by atoms with E-state index in [0.29, 0.717) is 0 Å². The molecule has 0 fully saturated rings. The lowest BCUT2D eigenvalue weighted by atomic mass is 10.00. The smallest absolute Gasteiger partial charge is 0.127 e. The van der Waals surface area contributed by atoms with Gasteiger partial charge in [-0.2, -0.15) is 11.3 Å². The second-order valence-electron chi connectivity index (χ2n) is 3.61. The van der Waals surface area contributed by atoms with Crippen LogP contribution in [0.25, 0.3) is 0 Å². The minimum absolute atomic E-state index is 0.229. The zero-order chi connectivity index (χ0) is 12.3. The third-order valence-corrected chi connectivity index (χ3v) is 3.38. The van der Waals surface area contributed by atoms with Gasteiger partial charge < -0.3 is 15.2 Å². The van der Waals surface area contributed by atoms with E-state index in [-0.39, 0.29) is 6.04 Å². The molecule has 0 aliphatic rings. The summed E-state index contributed by atoms with van der Waals surface area (Å²) in [7, 11) is 3.28. The van der Waals surface area contributed by atoms with Crippen LogP contribution < -0.4 is 15.2 Å². The highest BCUT2D eigenvalue weighted by atomic mass is 32.1. The Morgan fingerprint density at radius 2 is 1.76 bits per heavy atom. The summed E-state index contributed by atoms with van der Waals surface area (Å²) in [4.78, 5) is 0. The molecule has 1 aromatic carbocycles. The molecule has 3 nitrogen and oxygen atoms in total. The lowest BCUT2D eigenvalue weighted by Gasteiger charge is -2.18. The van der Waals surface area contributed by atoms with E-state index in [1.54, 1.807) is 25.6 Å². The predicted molar refractivity (Wildman–Crippen MR) is 69.9 cm³/mol. The van der Waals surface area contributed by atoms with Gasteiger partial charge in [0.1, 0.15) is 11.5 Å². The fraction of sp³-hybridized carbons (Fsp3) is 0.231. The molecule has 17 heavy (non-hydrogen) atoms. The highest BCUT2D eigenvalue weighted by Gasteiger charge is 2.19. The van der Waals surface area contributed by atoms with Crippen molar-refractivity contribution in [3.63, 3.8) is 0 Å². The van der Waals surface area contributed by atoms with Crippen LogP contribution >= 0.6 is 11.3 Å². The van der Waals surface area contributed by atoms with E-state index in [9.17, 15) is 0 Å². The van der Waals surface area contributed by atoms with Crippen molar-refractivity contribution in [1.82, 2.24) is 0 Å². The number of nitrogens with two attached hydrogens (primary N) is 1. The molecule has 90 valence electrons. The molecule has 1 atom stereocenters. The fourth-order valence-corrected chi connectivity index (χ4v) is 2.50. The Kier molecular flexibility index (Phi) is 3.66. The number of methoxy groups -OCH3 is 2. The molecule has 2 aromatic rings. The zero-order valence-electron chi connectivity index (χ0n) is 9.84. The van der Waals surface area contributed by atoms with Crippen molar-refractivity contribution in [2.75, 3.05) is 14.2 Å². The predicted octanol–water partition coefficient (Wildman–Crippen LogP) is 2.81. The van der Waals surface area contributed by atoms with Gasteiger partial charge in [-0.3, -0.25) is 0 Å². The Balaban J connectivity index is 2.49. The third kappa shape index (κ3) is 2.28. The van der Waals surface area contributed by atoms with Gasteiger partial charge in [0.15, 0.2) is 0 Å². The number of rotatable bonds is 4. The van der Waals surface area contributed by atoms with Crippen molar-refractivity contribution in [2.24, 2.45) is 5.73 Å². The van der Waals surface area contributed by atoms with Crippen molar-refractivity contribution >= 4 is 11.3 Å². The average Bonchev–Trinajstić information content (AvgIpc) is 2.90. The Bertz CT molecular complexity index is 460. The van der Waals surface area contributed by atoms with Crippen LogP contribution in [-0.2, 0) is 0 Å². The molecule has 0 bridgehead atoms. The van der Waals surface area contributed by atoms with Crippen molar-refractivity contribution in [3.05, 3.63) is 46.2 Å². The summed E-state index contributed by atoms with van der Waals surface area (Å²) in [6.45, 7) is 0. The lowest BCUT2D eigenvalue weighted by Crippen LogP contribution is -2.13. The third-order valence-electron chi connectivity index (χ3n) is 2.68. The topological polar surface area (TPSA) is 44.5 Å². The van der Waals surface area contributed by atoms with E-state index in [1.807, 2.05) is 35.0 Å². The zero-order valence-corrected chi connectivity index (χ0v) is 10.7. The normalized spacial score (nSPS) is 12.2. The fourth-order valence-electron chi connectivity index (χ4n) is 1.81. The minimum atomic E-state index is -0.229. The van der Waals surface area contributed by atoms with E-state index >= 15 is 0 Å². The van der Waals surface area contributed by atoms with E-state index < -0.39 is 0 Å². The number of thiophene rings is 1. The summed E-state index contributed by atoms with van der Waals surface area (Å²) in [6.07, 6.45) is 0. The standard InChI is InChI=1S/C13H15NO2S/c1-15-10-4-3-5-11(16-2)12(10)13(14)9-6-7-17-8-9/h3-8,13H,14H2,1-2H3/t13-/m0/s1. The van der Waals surface area contributed by atoms with E-state index in [2.05, 4.69) is 0 Å². The van der Waals surface area contributed by atoms with Gasteiger partial charge >= 0.3 is 0 Å². The monoisotopic (exact) mass is 249 g/mol. The van der Waals surface area contributed by atoms with Gasteiger partial charge in [-0.15, -0.1) is 0 Å². The molecule has 1 heterocycles. The summed E-state index contributed by atoms with van der Waals surface area (Å²) in [5.74, 6) is 1.51. The summed E-state index contributed by atoms with van der Waals surface area (Å²) in [5, 5.41) is 4.05. The molecule has 0 spiro atoms. The van der Waals surface area contributed by atoms with Crippen LogP contribution in [-0.4, -0.2) is 14.2 Å². The summed E-state index contributed by atoms with van der Waals surface area (Å²) < 4.78 is 10.7. The molecule has 2 rings (SSSR count). The van der Waals surface area contributed by atoms with Crippen LogP contribution in [0.4, 0.5) is 0 Å². The Hall–Kier alpha value is -1.52. The molecule has 4 heteroatoms. The first-order chi connectivity index (χ1) is 8.27. The highest BCUT2D eigenvalue weighted by molar-refractivity contribution is 7.08. The number of hydrogen-bond donors (Lipinski definition) is 1. The quantitative estimate of drug-likeness (QED) is 0.906. The summed E-state index contributed by atoms with van der Waals surface area (Å²) >= 11 is 1.63. The van der Waals surface area contributed by atoms with Gasteiger partial charge in [-0.25, -0.2) is 0 Å². The second-order valence-corrected chi connectivity index (χ2v) is 4.39. The Morgan fingerprint density at radius 1 is 1.12 bits per heavy atom. The van der Waals surface area contributed by atoms with Crippen LogP contribution in [0.3, 0.4) is 0 Å². The molecule has 0 saturated heterocycles. The van der Waals surface area contributed by atoms with Gasteiger partial charge in [0, 0.05) is 0 Å². The first-order valence-corrected chi connectivity index (χ1v) is 6.20. The lowest BCUT2D eigenvalue weighted by molar-refractivity contribution is 0.382. The largest absolute Gasteiger partial charge is 0.496 e. The van der Waals surface area contributed by atoms with Crippen LogP contribution in [0.1, 0.15) is 17.2 Å². The average molecular weight is 249 g/mol. The van der Waals surface area contributed by atoms with Crippen LogP contribution in [0.15, 0.2) is 35.0 Å². The van der Waals surface area contributed by atoms with Crippen LogP contribution in [0, 0.1) is 0 Å². The molecular formula is C13H15NO2S. The number of hydrogen-bond acceptors (Lipinski definition) is 4. The minimum Gasteiger partial charge on any atom is -0.496 e. The van der Waals surface area contributed by atoms with Crippen LogP contribution in [0.2, 0.25) is 0 Å². The van der Waals surface area contributed by atoms with Gasteiger partial charge in [0.05, 0.1) is 25.8 Å². The highest BCUT2D eigenvalue weighted by Crippen LogP contribution is 2.36. The molecule has 0 aliphatic heterocycles. The summed E-state index contributed by atoms with van der Waals surface area (Å²) in [5.41, 5.74) is 8.21. The second kappa shape index (κ2) is 5.21. The first-order valence-electron chi connectivity index (χ1n) is 5.26. The molecule has 0 radical (unpaired) electrons. The molecule has 0 unspecified atom stereocenters. The maximum atomic E-state index is 6.26. The van der Waals surface area contributed by atoms with Gasteiger partial charge in [-0.05, 0) is 34.5 Å². The molecule has 1 aromatic heterocycles. The van der Waals surface area contributed by atoms with Gasteiger partial charge in [-0.1, -0.05) is 6.07 Å². The van der Waals surface area contributed by atoms with E-state index in [0.717, 1.165) is 22.6 Å². The number of benzene rings is 1. The number of ether oxygens (including phenoxy) is 2. The van der Waals surface area contributed by atoms with Crippen molar-refractivity contribution in [1.29, 1.82) is 0 Å². The maximum Gasteiger partial charge on any atom is 0.127 e. The maximum absolute atomic E-state index is 6.26. The Morgan fingerprint density at radius 3 is 2.24 bits per heavy atom. The van der Waals surface area contributed by atoms with E-state index in [4.69, 9.17) is 15.2 Å². The van der Waals surface area contributed by atoms with Crippen molar-refractivity contribution < 1.29 is 9.47 Å². The van der Waals surface area contributed by atoms with Crippen molar-refractivity contribution in [2.45, 2.75) is 6.04 Å². The molecule has 0 saturated carbocycles. The van der Waals surface area contributed by atoms with E-state index in [1.165, 1.54) is 0 Å². The first kappa shape index (κ1) is 12.0. The van der Waals surface area contributed by atoms with Crippen molar-refractivity contribution in [3.8, 4) is 11.5 Å². The molecule has 0 amide bonds. The molecule has 0 aliphatic carbocycles. The van der Waals surface area contributed by atoms with Gasteiger partial charge in [0.25, 0.3) is 0 Å². The molecular weight excluding hydrogens is 234 g/mol. The summed E-state index contributed by atoms with van der Waals surface area (Å²) in [6, 6.07) is 7.46.